The number of alkyl halides is 9. The van der Waals surface area contributed by atoms with Gasteiger partial charge < -0.3 is 28.3 Å². The van der Waals surface area contributed by atoms with Gasteiger partial charge in [-0.05, 0) is 159 Å². The largest absolute Gasteiger partial charge is 0.494 e. The molecule has 65 heavy (non-hydrogen) atoms. The summed E-state index contributed by atoms with van der Waals surface area (Å²) in [6.07, 6.45) is -9.93. The van der Waals surface area contributed by atoms with Crippen molar-refractivity contribution in [3.63, 3.8) is 0 Å². The summed E-state index contributed by atoms with van der Waals surface area (Å²) in [5, 5.41) is 0. The molecule has 0 aromatic heterocycles. The minimum atomic E-state index is -6.81. The van der Waals surface area contributed by atoms with Gasteiger partial charge in [0.2, 0.25) is 5.91 Å². The van der Waals surface area contributed by atoms with Crippen LogP contribution >= 0.6 is 8.53 Å². The number of fused-ring (bicyclic) bond motifs is 5. The molecule has 4 aliphatic rings. The molecule has 4 aliphatic carbocycles. The maximum Gasteiger partial charge on any atom is 0.435 e. The van der Waals surface area contributed by atoms with Gasteiger partial charge in [0.1, 0.15) is 5.75 Å². The van der Waals surface area contributed by atoms with E-state index in [9.17, 15) is 44.3 Å². The van der Waals surface area contributed by atoms with Crippen LogP contribution in [0.3, 0.4) is 0 Å². The normalized spacial score (nSPS) is 26.9. The van der Waals surface area contributed by atoms with E-state index in [4.69, 9.17) is 13.8 Å². The molecule has 0 N–H and O–H groups in total. The molecule has 1 aromatic carbocycles. The van der Waals surface area contributed by atoms with Crippen LogP contribution in [-0.2, 0) is 25.0 Å². The fourth-order valence-corrected chi connectivity index (χ4v) is 13.3. The van der Waals surface area contributed by atoms with E-state index in [-0.39, 0.29) is 17.6 Å². The van der Waals surface area contributed by atoms with E-state index in [2.05, 4.69) is 81.1 Å². The summed E-state index contributed by atoms with van der Waals surface area (Å²) in [4.78, 5) is 18.6. The number of rotatable bonds is 21. The Morgan fingerprint density at radius 1 is 0.846 bits per heavy atom. The average molecular weight is 963 g/mol. The molecule has 9 nitrogen and oxygen atoms in total. The quantitative estimate of drug-likeness (QED) is 0.0686. The first-order valence-corrected chi connectivity index (χ1v) is 24.5. The predicted octanol–water partition coefficient (Wildman–Crippen LogP) is 11.2. The monoisotopic (exact) mass is 963 g/mol. The Hall–Kier alpha value is -1.95. The van der Waals surface area contributed by atoms with Crippen molar-refractivity contribution in [2.45, 2.75) is 172 Å². The number of aryl methyl sites for hydroxylation is 1. The lowest BCUT2D eigenvalue weighted by Gasteiger charge is -2.52. The molecule has 19 heteroatoms. The molecule has 0 spiro atoms. The van der Waals surface area contributed by atoms with Gasteiger partial charge in [0, 0.05) is 44.3 Å². The first-order chi connectivity index (χ1) is 30.3. The summed E-state index contributed by atoms with van der Waals surface area (Å²) in [5.74, 6) is 1.56. The Bertz CT molecular complexity index is 1660. The minimum Gasteiger partial charge on any atom is -0.494 e. The van der Waals surface area contributed by atoms with Gasteiger partial charge in [-0.15, -0.1) is 0 Å². The molecule has 0 bridgehead atoms. The number of ether oxygens (including phenoxy) is 2. The third kappa shape index (κ3) is 11.9. The van der Waals surface area contributed by atoms with Crippen LogP contribution in [-0.4, -0.2) is 140 Å². The van der Waals surface area contributed by atoms with Crippen LogP contribution in [0.5, 0.6) is 5.75 Å². The number of nitrogens with zero attached hydrogens (tertiary/aromatic N) is 4. The van der Waals surface area contributed by atoms with E-state index in [1.807, 2.05) is 0 Å². The molecule has 374 valence electrons. The molecule has 3 saturated carbocycles. The lowest BCUT2D eigenvalue weighted by atomic mass is 9.55. The Kier molecular flexibility index (Phi) is 18.1. The van der Waals surface area contributed by atoms with Gasteiger partial charge in [0.25, 0.3) is 8.53 Å². The molecule has 0 radical (unpaired) electrons. The summed E-state index contributed by atoms with van der Waals surface area (Å²) in [6.45, 7) is 12.6. The number of likely N-dealkylation sites (N-methyl/N-ethyl adjacent to an activating group) is 2. The van der Waals surface area contributed by atoms with Gasteiger partial charge in [0.05, 0.1) is 32.5 Å². The summed E-state index contributed by atoms with van der Waals surface area (Å²) in [7, 11) is 3.95. The van der Waals surface area contributed by atoms with Crippen molar-refractivity contribution in [3.05, 3.63) is 29.3 Å². The minimum absolute atomic E-state index is 0.151. The van der Waals surface area contributed by atoms with E-state index >= 15 is 0 Å². The Balaban J connectivity index is 1.08. The van der Waals surface area contributed by atoms with Crippen molar-refractivity contribution < 1.29 is 62.8 Å². The van der Waals surface area contributed by atoms with E-state index in [0.717, 1.165) is 87.8 Å². The van der Waals surface area contributed by atoms with Gasteiger partial charge in [0.15, 0.2) is 0 Å². The fourth-order valence-electron chi connectivity index (χ4n) is 11.5. The van der Waals surface area contributed by atoms with Crippen LogP contribution in [0.2, 0.25) is 0 Å². The predicted molar refractivity (Wildman–Crippen MR) is 232 cm³/mol. The van der Waals surface area contributed by atoms with Crippen molar-refractivity contribution in [2.24, 2.45) is 17.3 Å². The second-order valence-electron chi connectivity index (χ2n) is 19.7. The zero-order valence-corrected chi connectivity index (χ0v) is 40.4. The molecule has 1 amide bonds. The van der Waals surface area contributed by atoms with Crippen LogP contribution in [0, 0.1) is 17.3 Å². The smallest absolute Gasteiger partial charge is 0.435 e. The average Bonchev–Trinajstić information content (AvgIpc) is 3.82. The second-order valence-corrected chi connectivity index (χ2v) is 21.1. The number of benzene rings is 1. The highest BCUT2D eigenvalue weighted by Gasteiger charge is 2.85. The highest BCUT2D eigenvalue weighted by molar-refractivity contribution is 7.44. The van der Waals surface area contributed by atoms with E-state index in [1.54, 1.807) is 11.9 Å². The Morgan fingerprint density at radius 3 is 2.12 bits per heavy atom. The first kappa shape index (κ1) is 54.0. The topological polar surface area (TPSA) is 67.0 Å². The van der Waals surface area contributed by atoms with Gasteiger partial charge in [-0.3, -0.25) is 9.69 Å². The van der Waals surface area contributed by atoms with E-state index < -0.39 is 58.3 Å². The lowest BCUT2D eigenvalue weighted by Crippen LogP contribution is -2.68. The highest BCUT2D eigenvalue weighted by atomic mass is 31.2. The van der Waals surface area contributed by atoms with Crippen molar-refractivity contribution >= 4 is 14.4 Å². The van der Waals surface area contributed by atoms with Crippen LogP contribution in [0.15, 0.2) is 18.2 Å². The lowest BCUT2D eigenvalue weighted by molar-refractivity contribution is -0.457. The van der Waals surface area contributed by atoms with Gasteiger partial charge >= 0.3 is 24.1 Å². The molecule has 0 aliphatic heterocycles. The number of amides is 1. The van der Waals surface area contributed by atoms with Gasteiger partial charge in [-0.2, -0.15) is 39.5 Å². The summed E-state index contributed by atoms with van der Waals surface area (Å²) in [5.41, 5.74) is -3.90. The molecular weight excluding hydrogens is 890 g/mol. The fraction of sp³-hybridized carbons (Fsp3) is 0.848. The zero-order chi connectivity index (χ0) is 48.3. The number of hydrogen-bond donors (Lipinski definition) is 0. The van der Waals surface area contributed by atoms with Crippen molar-refractivity contribution in [2.75, 3.05) is 60.6 Å². The summed E-state index contributed by atoms with van der Waals surface area (Å²) >= 11 is 0. The first-order valence-electron chi connectivity index (χ1n) is 23.4. The number of carbonyl (C=O) groups excluding carboxylic acids is 1. The molecule has 5 unspecified atom stereocenters. The maximum absolute atomic E-state index is 13.5. The van der Waals surface area contributed by atoms with Crippen LogP contribution in [0.4, 0.5) is 39.5 Å². The van der Waals surface area contributed by atoms with Crippen LogP contribution in [0.25, 0.3) is 0 Å². The molecule has 5 rings (SSSR count). The van der Waals surface area contributed by atoms with Crippen LogP contribution < -0.4 is 4.74 Å². The Labute approximate surface area is 381 Å². The molecule has 3 fully saturated rings. The maximum atomic E-state index is 13.5. The molecule has 8 atom stereocenters. The molecule has 0 heterocycles. The number of halogens is 9. The number of hydrogen-bond acceptors (Lipinski definition) is 8. The van der Waals surface area contributed by atoms with E-state index in [0.29, 0.717) is 49.1 Å². The molecular formula is C46H72F9N4O5P. The summed E-state index contributed by atoms with van der Waals surface area (Å²) < 4.78 is 145. The molecule has 1 aromatic rings. The van der Waals surface area contributed by atoms with Gasteiger partial charge in [-0.25, -0.2) is 4.67 Å². The Morgan fingerprint density at radius 2 is 1.51 bits per heavy atom. The van der Waals surface area contributed by atoms with Crippen molar-refractivity contribution in [1.82, 2.24) is 19.4 Å². The van der Waals surface area contributed by atoms with Crippen molar-refractivity contribution in [3.8, 4) is 5.75 Å². The molecule has 0 saturated heterocycles. The number of carbonyl (C=O) groups is 1. The zero-order valence-electron chi connectivity index (χ0n) is 39.6. The van der Waals surface area contributed by atoms with E-state index in [1.165, 1.54) is 18.2 Å². The standard InChI is InChI=1S/C46H72F9N4O5P/c1-10-24-63-65(59(30(2)3)31(4)5)64-35-14-13-33(28-35)57(8)22-11-25-61-34-15-17-36-32(27-34)12-16-38-37(36)20-21-42(6)39(38)18-19-40(42)58(9)41(60)29-56(7)23-26-62-43(44(47,48)49,45(50,51)52)46(53,54)55/h15,17,27,30-31,33,35,37-40H,10-14,16,18-26,28-29H2,1-9H3/t33?,35-,37?,38?,39?,40+,42+,65?/m1/s1. The van der Waals surface area contributed by atoms with Crippen molar-refractivity contribution in [1.29, 1.82) is 0 Å². The third-order valence-electron chi connectivity index (χ3n) is 14.7. The second kappa shape index (κ2) is 21.8. The summed E-state index contributed by atoms with van der Waals surface area (Å²) in [6, 6.07) is 7.46. The highest BCUT2D eigenvalue weighted by Crippen LogP contribution is 2.62. The SMILES string of the molecule is CCCOP(O[C@@H]1CCC(N(C)CCCOc2ccc3c(c2)CCC2C3CC[C@@]3(C)C2CC[C@@H]3N(C)C(=O)CN(C)CCOC(C(F)(F)F)(C(F)(F)F)C(F)(F)F)C1)N(C(C)C)C(C)C. The van der Waals surface area contributed by atoms with Crippen LogP contribution in [0.1, 0.15) is 123 Å². The third-order valence-corrected chi connectivity index (χ3v) is 16.9. The van der Waals surface area contributed by atoms with Gasteiger partial charge in [-0.1, -0.05) is 19.9 Å².